The van der Waals surface area contributed by atoms with Gasteiger partial charge in [0.25, 0.3) is 0 Å². The summed E-state index contributed by atoms with van der Waals surface area (Å²) in [5.74, 6) is -0.208. The van der Waals surface area contributed by atoms with Gasteiger partial charge in [0, 0.05) is 19.2 Å². The van der Waals surface area contributed by atoms with Gasteiger partial charge in [0.1, 0.15) is 0 Å². The van der Waals surface area contributed by atoms with Crippen molar-refractivity contribution in [1.29, 1.82) is 0 Å². The van der Waals surface area contributed by atoms with E-state index in [2.05, 4.69) is 5.32 Å². The molecule has 0 spiro atoms. The molecular weight excluding hydrogens is 312 g/mol. The summed E-state index contributed by atoms with van der Waals surface area (Å²) in [6.07, 6.45) is 1.08. The maximum atomic E-state index is 12.3. The Kier molecular flexibility index (Phi) is 6.34. The van der Waals surface area contributed by atoms with Crippen molar-refractivity contribution in [2.75, 3.05) is 18.9 Å². The van der Waals surface area contributed by atoms with Crippen LogP contribution in [0.15, 0.2) is 42.5 Å². The number of para-hydroxylation sites is 1. The quantitative estimate of drug-likeness (QED) is 0.874. The summed E-state index contributed by atoms with van der Waals surface area (Å²) in [6, 6.07) is 14.0. The van der Waals surface area contributed by atoms with Crippen LogP contribution >= 0.6 is 0 Å². The first-order valence-corrected chi connectivity index (χ1v) is 8.52. The summed E-state index contributed by atoms with van der Waals surface area (Å²) in [6.45, 7) is 6.01. The number of anilines is 1. The van der Waals surface area contributed by atoms with Gasteiger partial charge in [0.05, 0.1) is 6.54 Å². The fourth-order valence-corrected chi connectivity index (χ4v) is 2.69. The summed E-state index contributed by atoms with van der Waals surface area (Å²) in [7, 11) is 1.67. The first-order valence-electron chi connectivity index (χ1n) is 8.52. The highest BCUT2D eigenvalue weighted by Gasteiger charge is 2.14. The molecule has 132 valence electrons. The zero-order chi connectivity index (χ0) is 18.4. The second kappa shape index (κ2) is 8.47. The van der Waals surface area contributed by atoms with E-state index in [1.165, 1.54) is 10.5 Å². The fourth-order valence-electron chi connectivity index (χ4n) is 2.69. The van der Waals surface area contributed by atoms with Crippen molar-refractivity contribution in [3.8, 4) is 0 Å². The van der Waals surface area contributed by atoms with E-state index in [4.69, 9.17) is 0 Å². The molecule has 25 heavy (non-hydrogen) atoms. The number of aryl methyl sites for hydroxylation is 4. The minimum Gasteiger partial charge on any atom is -0.336 e. The number of hydrogen-bond acceptors (Lipinski definition) is 2. The van der Waals surface area contributed by atoms with E-state index in [1.54, 1.807) is 7.05 Å². The van der Waals surface area contributed by atoms with Crippen LogP contribution in [0.2, 0.25) is 0 Å². The molecule has 4 heteroatoms. The largest absolute Gasteiger partial charge is 0.336 e. The average Bonchev–Trinajstić information content (AvgIpc) is 2.57. The molecule has 2 aromatic carbocycles. The van der Waals surface area contributed by atoms with Crippen LogP contribution in [0.1, 0.15) is 28.7 Å². The lowest BCUT2D eigenvalue weighted by Crippen LogP contribution is -2.35. The van der Waals surface area contributed by atoms with Gasteiger partial charge in [0.2, 0.25) is 11.8 Å². The van der Waals surface area contributed by atoms with E-state index in [0.717, 1.165) is 22.4 Å². The molecule has 0 saturated carbocycles. The van der Waals surface area contributed by atoms with E-state index < -0.39 is 0 Å². The summed E-state index contributed by atoms with van der Waals surface area (Å²) >= 11 is 0. The summed E-state index contributed by atoms with van der Waals surface area (Å²) < 4.78 is 0. The number of carbonyl (C=O) groups is 2. The third-order valence-corrected chi connectivity index (χ3v) is 4.30. The molecule has 2 amide bonds. The molecule has 0 heterocycles. The summed E-state index contributed by atoms with van der Waals surface area (Å²) in [5, 5.41) is 2.91. The van der Waals surface area contributed by atoms with Crippen LogP contribution < -0.4 is 5.32 Å². The zero-order valence-corrected chi connectivity index (χ0v) is 15.4. The van der Waals surface area contributed by atoms with E-state index in [1.807, 2.05) is 63.2 Å². The minimum atomic E-state index is -0.177. The standard InChI is InChI=1S/C21H26N2O2/c1-15-8-10-18(11-9-15)12-13-20(25)23(4)14-19(24)22-21-16(2)6-5-7-17(21)3/h5-11H,12-14H2,1-4H3,(H,22,24). The highest BCUT2D eigenvalue weighted by atomic mass is 16.2. The molecule has 2 rings (SSSR count). The Morgan fingerprint density at radius 2 is 1.56 bits per heavy atom. The zero-order valence-electron chi connectivity index (χ0n) is 15.4. The van der Waals surface area contributed by atoms with Gasteiger partial charge in [-0.1, -0.05) is 48.0 Å². The third kappa shape index (κ3) is 5.45. The Labute approximate surface area is 149 Å². The Hall–Kier alpha value is -2.62. The lowest BCUT2D eigenvalue weighted by Gasteiger charge is -2.18. The van der Waals surface area contributed by atoms with Crippen LogP contribution in [-0.2, 0) is 16.0 Å². The van der Waals surface area contributed by atoms with Gasteiger partial charge in [-0.3, -0.25) is 9.59 Å². The van der Waals surface area contributed by atoms with Crippen molar-refractivity contribution in [2.24, 2.45) is 0 Å². The number of hydrogen-bond donors (Lipinski definition) is 1. The molecule has 4 nitrogen and oxygen atoms in total. The van der Waals surface area contributed by atoms with Crippen molar-refractivity contribution in [3.63, 3.8) is 0 Å². The van der Waals surface area contributed by atoms with E-state index in [0.29, 0.717) is 12.8 Å². The van der Waals surface area contributed by atoms with Gasteiger partial charge in [-0.25, -0.2) is 0 Å². The molecule has 0 radical (unpaired) electrons. The van der Waals surface area contributed by atoms with Crippen molar-refractivity contribution in [3.05, 3.63) is 64.7 Å². The van der Waals surface area contributed by atoms with Crippen LogP contribution in [0, 0.1) is 20.8 Å². The SMILES string of the molecule is Cc1ccc(CCC(=O)N(C)CC(=O)Nc2c(C)cccc2C)cc1. The molecule has 0 bridgehead atoms. The highest BCUT2D eigenvalue weighted by molar-refractivity contribution is 5.95. The highest BCUT2D eigenvalue weighted by Crippen LogP contribution is 2.19. The molecule has 0 unspecified atom stereocenters. The van der Waals surface area contributed by atoms with E-state index in [-0.39, 0.29) is 18.4 Å². The number of rotatable bonds is 6. The summed E-state index contributed by atoms with van der Waals surface area (Å²) in [4.78, 5) is 26.0. The van der Waals surface area contributed by atoms with Crippen molar-refractivity contribution in [1.82, 2.24) is 4.90 Å². The number of nitrogens with one attached hydrogen (secondary N) is 1. The lowest BCUT2D eigenvalue weighted by molar-refractivity contribution is -0.133. The van der Waals surface area contributed by atoms with Crippen LogP contribution in [0.3, 0.4) is 0 Å². The smallest absolute Gasteiger partial charge is 0.243 e. The second-order valence-corrected chi connectivity index (χ2v) is 6.55. The van der Waals surface area contributed by atoms with Crippen LogP contribution in [0.5, 0.6) is 0 Å². The van der Waals surface area contributed by atoms with Gasteiger partial charge < -0.3 is 10.2 Å². The first kappa shape index (κ1) is 18.7. The molecular formula is C21H26N2O2. The van der Waals surface area contributed by atoms with Gasteiger partial charge >= 0.3 is 0 Å². The fraction of sp³-hybridized carbons (Fsp3) is 0.333. The molecule has 0 saturated heterocycles. The maximum Gasteiger partial charge on any atom is 0.243 e. The van der Waals surface area contributed by atoms with Gasteiger partial charge in [-0.15, -0.1) is 0 Å². The molecule has 1 N–H and O–H groups in total. The Balaban J connectivity index is 1.85. The topological polar surface area (TPSA) is 49.4 Å². The minimum absolute atomic E-state index is 0.0303. The van der Waals surface area contributed by atoms with Gasteiger partial charge in [0.15, 0.2) is 0 Å². The predicted molar refractivity (Wildman–Crippen MR) is 102 cm³/mol. The van der Waals surface area contributed by atoms with Crippen molar-refractivity contribution in [2.45, 2.75) is 33.6 Å². The van der Waals surface area contributed by atoms with Crippen LogP contribution in [0.4, 0.5) is 5.69 Å². The molecule has 0 aromatic heterocycles. The Bertz CT molecular complexity index is 731. The van der Waals surface area contributed by atoms with Crippen molar-refractivity contribution >= 4 is 17.5 Å². The molecule has 0 aliphatic heterocycles. The van der Waals surface area contributed by atoms with Crippen molar-refractivity contribution < 1.29 is 9.59 Å². The van der Waals surface area contributed by atoms with Crippen LogP contribution in [0.25, 0.3) is 0 Å². The van der Waals surface area contributed by atoms with Gasteiger partial charge in [-0.2, -0.15) is 0 Å². The third-order valence-electron chi connectivity index (χ3n) is 4.30. The normalized spacial score (nSPS) is 10.4. The van der Waals surface area contributed by atoms with E-state index in [9.17, 15) is 9.59 Å². The number of likely N-dealkylation sites (N-methyl/N-ethyl adjacent to an activating group) is 1. The number of carbonyl (C=O) groups excluding carboxylic acids is 2. The van der Waals surface area contributed by atoms with E-state index >= 15 is 0 Å². The Morgan fingerprint density at radius 3 is 2.16 bits per heavy atom. The first-order chi connectivity index (χ1) is 11.9. The predicted octanol–water partition coefficient (Wildman–Crippen LogP) is 3.64. The number of amides is 2. The maximum absolute atomic E-state index is 12.3. The second-order valence-electron chi connectivity index (χ2n) is 6.55. The molecule has 0 atom stereocenters. The average molecular weight is 338 g/mol. The molecule has 0 fully saturated rings. The van der Waals surface area contributed by atoms with Crippen LogP contribution in [-0.4, -0.2) is 30.3 Å². The Morgan fingerprint density at radius 1 is 0.960 bits per heavy atom. The molecule has 0 aliphatic carbocycles. The summed E-state index contributed by atoms with van der Waals surface area (Å²) in [5.41, 5.74) is 5.19. The lowest BCUT2D eigenvalue weighted by atomic mass is 10.1. The molecule has 0 aliphatic rings. The molecule has 2 aromatic rings. The van der Waals surface area contributed by atoms with Gasteiger partial charge in [-0.05, 0) is 43.9 Å². The number of benzene rings is 2. The number of nitrogens with zero attached hydrogens (tertiary/aromatic N) is 1. The monoisotopic (exact) mass is 338 g/mol.